The summed E-state index contributed by atoms with van der Waals surface area (Å²) in [7, 11) is 1.60. The number of benzene rings is 2. The number of hydrogen-bond acceptors (Lipinski definition) is 5. The molecule has 1 heterocycles. The Morgan fingerprint density at radius 3 is 2.32 bits per heavy atom. The van der Waals surface area contributed by atoms with Gasteiger partial charge in [0.1, 0.15) is 17.8 Å². The van der Waals surface area contributed by atoms with E-state index in [1.807, 2.05) is 42.5 Å². The average Bonchev–Trinajstić information content (AvgIpc) is 3.10. The molecule has 0 radical (unpaired) electrons. The third-order valence-corrected chi connectivity index (χ3v) is 4.10. The lowest BCUT2D eigenvalue weighted by atomic mass is 10.1. The van der Waals surface area contributed by atoms with Crippen LogP contribution in [0.2, 0.25) is 0 Å². The third kappa shape index (κ3) is 4.17. The Balaban J connectivity index is 2.09. The van der Waals surface area contributed by atoms with E-state index in [1.54, 1.807) is 37.1 Å². The largest absolute Gasteiger partial charge is 0.497 e. The van der Waals surface area contributed by atoms with Crippen molar-refractivity contribution in [3.8, 4) is 11.4 Å². The van der Waals surface area contributed by atoms with Crippen LogP contribution in [0, 0.1) is 0 Å². The number of rotatable bonds is 7. The maximum atomic E-state index is 13.2. The number of imidazole rings is 1. The minimum absolute atomic E-state index is 0.0875. The van der Waals surface area contributed by atoms with Crippen LogP contribution < -0.4 is 10.1 Å². The Bertz CT molecular complexity index is 1020. The molecule has 0 amide bonds. The predicted molar refractivity (Wildman–Crippen MR) is 108 cm³/mol. The summed E-state index contributed by atoms with van der Waals surface area (Å²) < 4.78 is 6.92. The van der Waals surface area contributed by atoms with E-state index in [0.717, 1.165) is 11.4 Å². The molecule has 0 aliphatic carbocycles. The van der Waals surface area contributed by atoms with Crippen molar-refractivity contribution in [1.82, 2.24) is 9.55 Å². The van der Waals surface area contributed by atoms with Crippen LogP contribution >= 0.6 is 0 Å². The molecule has 0 saturated carbocycles. The monoisotopic (exact) mass is 375 g/mol. The van der Waals surface area contributed by atoms with Crippen LogP contribution in [0.4, 0.5) is 5.82 Å². The Hall–Kier alpha value is -3.67. The smallest absolute Gasteiger partial charge is 0.213 e. The van der Waals surface area contributed by atoms with Crippen LogP contribution in [0.1, 0.15) is 29.9 Å². The number of carbonyl (C=O) groups excluding carboxylic acids is 2. The molecule has 0 fully saturated rings. The van der Waals surface area contributed by atoms with E-state index in [0.29, 0.717) is 22.8 Å². The van der Waals surface area contributed by atoms with Gasteiger partial charge in [-0.15, -0.1) is 0 Å². The maximum Gasteiger partial charge on any atom is 0.213 e. The summed E-state index contributed by atoms with van der Waals surface area (Å²) in [6.45, 7) is 3.22. The number of hydrogen-bond donors (Lipinski definition) is 1. The molecule has 2 aromatic carbocycles. The number of nitrogens with one attached hydrogen (secondary N) is 1. The summed E-state index contributed by atoms with van der Waals surface area (Å²) in [6, 6.07) is 16.3. The molecular formula is C22H21N3O3. The van der Waals surface area contributed by atoms with Gasteiger partial charge in [-0.05, 0) is 44.2 Å². The molecule has 28 heavy (non-hydrogen) atoms. The van der Waals surface area contributed by atoms with Crippen molar-refractivity contribution < 1.29 is 14.3 Å². The molecule has 0 unspecified atom stereocenters. The zero-order valence-electron chi connectivity index (χ0n) is 16.0. The molecule has 0 saturated heterocycles. The SMILES string of the molecule is COc1ccc(-n2cnc(N/C(C)=C/C(C)=O)c2C(=O)c2ccccc2)cc1. The first-order valence-corrected chi connectivity index (χ1v) is 8.77. The molecule has 6 nitrogen and oxygen atoms in total. The Morgan fingerprint density at radius 1 is 1.04 bits per heavy atom. The van der Waals surface area contributed by atoms with E-state index >= 15 is 0 Å². The van der Waals surface area contributed by atoms with Crippen LogP contribution in [-0.2, 0) is 4.79 Å². The number of allylic oxidation sites excluding steroid dienone is 2. The molecule has 3 aromatic rings. The average molecular weight is 375 g/mol. The Morgan fingerprint density at radius 2 is 1.71 bits per heavy atom. The first kappa shape index (κ1) is 19.1. The highest BCUT2D eigenvalue weighted by Crippen LogP contribution is 2.24. The van der Waals surface area contributed by atoms with Gasteiger partial charge in [-0.3, -0.25) is 14.2 Å². The topological polar surface area (TPSA) is 73.2 Å². The van der Waals surface area contributed by atoms with Gasteiger partial charge in [0.05, 0.1) is 7.11 Å². The van der Waals surface area contributed by atoms with Crippen LogP contribution in [0.25, 0.3) is 5.69 Å². The lowest BCUT2D eigenvalue weighted by Crippen LogP contribution is -2.12. The molecule has 0 bridgehead atoms. The summed E-state index contributed by atoms with van der Waals surface area (Å²) in [6.07, 6.45) is 3.05. The van der Waals surface area contributed by atoms with E-state index in [4.69, 9.17) is 4.74 Å². The highest BCUT2D eigenvalue weighted by molar-refractivity contribution is 6.11. The molecule has 1 aromatic heterocycles. The number of aromatic nitrogens is 2. The number of anilines is 1. The Labute approximate surface area is 163 Å². The van der Waals surface area contributed by atoms with Crippen LogP contribution in [0.5, 0.6) is 5.75 Å². The molecule has 0 atom stereocenters. The van der Waals surface area contributed by atoms with Gasteiger partial charge in [0.15, 0.2) is 11.6 Å². The molecule has 142 valence electrons. The standard InChI is InChI=1S/C22H21N3O3/c1-15(13-16(2)26)24-22-20(21(27)17-7-5-4-6-8-17)25(14-23-22)18-9-11-19(28-3)12-10-18/h4-14,24H,1-3H3/b15-13+. The van der Waals surface area contributed by atoms with Crippen molar-refractivity contribution in [3.63, 3.8) is 0 Å². The van der Waals surface area contributed by atoms with Crippen molar-refractivity contribution >= 4 is 17.4 Å². The highest BCUT2D eigenvalue weighted by atomic mass is 16.5. The van der Waals surface area contributed by atoms with Crippen LogP contribution in [0.15, 0.2) is 72.7 Å². The van der Waals surface area contributed by atoms with E-state index < -0.39 is 0 Å². The number of methoxy groups -OCH3 is 1. The fourth-order valence-corrected chi connectivity index (χ4v) is 2.85. The van der Waals surface area contributed by atoms with Gasteiger partial charge < -0.3 is 10.1 Å². The molecule has 3 rings (SSSR count). The lowest BCUT2D eigenvalue weighted by Gasteiger charge is -2.11. The minimum atomic E-state index is -0.174. The first-order chi connectivity index (χ1) is 13.5. The van der Waals surface area contributed by atoms with Gasteiger partial charge in [0.25, 0.3) is 0 Å². The normalized spacial score (nSPS) is 11.2. The van der Waals surface area contributed by atoms with Crippen LogP contribution in [-0.4, -0.2) is 28.2 Å². The zero-order chi connectivity index (χ0) is 20.1. The first-order valence-electron chi connectivity index (χ1n) is 8.77. The molecular weight excluding hydrogens is 354 g/mol. The summed E-state index contributed by atoms with van der Waals surface area (Å²) in [5.41, 5.74) is 2.31. The fourth-order valence-electron chi connectivity index (χ4n) is 2.85. The molecule has 0 aliphatic heterocycles. The quantitative estimate of drug-likeness (QED) is 0.499. The van der Waals surface area contributed by atoms with Crippen molar-refractivity contribution in [3.05, 3.63) is 84.0 Å². The maximum absolute atomic E-state index is 13.2. The van der Waals surface area contributed by atoms with Crippen molar-refractivity contribution in [2.45, 2.75) is 13.8 Å². The molecule has 0 aliphatic rings. The fraction of sp³-hybridized carbons (Fsp3) is 0.136. The molecule has 1 N–H and O–H groups in total. The molecule has 0 spiro atoms. The van der Waals surface area contributed by atoms with Gasteiger partial charge in [-0.1, -0.05) is 30.3 Å². The van der Waals surface area contributed by atoms with E-state index in [2.05, 4.69) is 10.3 Å². The van der Waals surface area contributed by atoms with Gasteiger partial charge in [0, 0.05) is 16.9 Å². The Kier molecular flexibility index (Phi) is 5.69. The van der Waals surface area contributed by atoms with Crippen molar-refractivity contribution in [2.75, 3.05) is 12.4 Å². The van der Waals surface area contributed by atoms with Crippen LogP contribution in [0.3, 0.4) is 0 Å². The predicted octanol–water partition coefficient (Wildman–Crippen LogP) is 4.02. The van der Waals surface area contributed by atoms with Crippen molar-refractivity contribution in [2.24, 2.45) is 0 Å². The number of carbonyl (C=O) groups is 2. The number of ketones is 2. The third-order valence-electron chi connectivity index (χ3n) is 4.10. The lowest BCUT2D eigenvalue weighted by molar-refractivity contribution is -0.112. The summed E-state index contributed by atoms with van der Waals surface area (Å²) in [5, 5.41) is 3.07. The minimum Gasteiger partial charge on any atom is -0.497 e. The second kappa shape index (κ2) is 8.35. The summed E-state index contributed by atoms with van der Waals surface area (Å²) in [5.74, 6) is 0.848. The van der Waals surface area contributed by atoms with E-state index in [1.165, 1.54) is 13.0 Å². The second-order valence-corrected chi connectivity index (χ2v) is 6.27. The van der Waals surface area contributed by atoms with Gasteiger partial charge in [-0.2, -0.15) is 0 Å². The second-order valence-electron chi connectivity index (χ2n) is 6.27. The van der Waals surface area contributed by atoms with Gasteiger partial charge in [-0.25, -0.2) is 4.98 Å². The van der Waals surface area contributed by atoms with Gasteiger partial charge in [0.2, 0.25) is 5.78 Å². The van der Waals surface area contributed by atoms with Gasteiger partial charge >= 0.3 is 0 Å². The molecule has 6 heteroatoms. The summed E-state index contributed by atoms with van der Waals surface area (Å²) in [4.78, 5) is 29.0. The van der Waals surface area contributed by atoms with Crippen molar-refractivity contribution in [1.29, 1.82) is 0 Å². The van der Waals surface area contributed by atoms with E-state index in [-0.39, 0.29) is 11.6 Å². The highest BCUT2D eigenvalue weighted by Gasteiger charge is 2.21. The number of ether oxygens (including phenoxy) is 1. The zero-order valence-corrected chi connectivity index (χ0v) is 16.0. The van der Waals surface area contributed by atoms with E-state index in [9.17, 15) is 9.59 Å². The number of nitrogens with zero attached hydrogens (tertiary/aromatic N) is 2. The summed E-state index contributed by atoms with van der Waals surface area (Å²) >= 11 is 0.